The number of unbranched alkanes of at least 4 members (excludes halogenated alkanes) is 1. The number of ether oxygens (including phenoxy) is 1. The molecule has 0 spiro atoms. The number of carbonyl (C=O) groups excluding carboxylic acids is 1. The first kappa shape index (κ1) is 18.0. The summed E-state index contributed by atoms with van der Waals surface area (Å²) in [5.41, 5.74) is 0.965. The largest absolute Gasteiger partial charge is 0.494 e. The minimum atomic E-state index is -4.44. The number of benzene rings is 2. The molecular weight excluding hydrogens is 343 g/mol. The lowest BCUT2D eigenvalue weighted by atomic mass is 10.0. The van der Waals surface area contributed by atoms with Crippen molar-refractivity contribution in [2.45, 2.75) is 25.9 Å². The second-order valence-corrected chi connectivity index (χ2v) is 6.04. The molecule has 1 aliphatic heterocycles. The van der Waals surface area contributed by atoms with Gasteiger partial charge < -0.3 is 10.1 Å². The Kier molecular flexibility index (Phi) is 5.02. The minimum Gasteiger partial charge on any atom is -0.494 e. The van der Waals surface area contributed by atoms with E-state index in [-0.39, 0.29) is 5.69 Å². The molecule has 2 aromatic rings. The smallest absolute Gasteiger partial charge is 0.416 e. The Balaban J connectivity index is 1.83. The molecule has 0 atom stereocenters. The van der Waals surface area contributed by atoms with Gasteiger partial charge in [-0.1, -0.05) is 31.5 Å². The minimum absolute atomic E-state index is 0.176. The SMILES string of the molecule is CCCCOc1ccc(/C=C2/C(=O)Nc3cc(C(F)(F)F)ccc32)cc1. The number of carbonyl (C=O) groups is 1. The summed E-state index contributed by atoms with van der Waals surface area (Å²) in [4.78, 5) is 12.2. The van der Waals surface area contributed by atoms with Crippen LogP contribution in [0.25, 0.3) is 11.6 Å². The van der Waals surface area contributed by atoms with E-state index in [0.717, 1.165) is 36.3 Å². The lowest BCUT2D eigenvalue weighted by Gasteiger charge is -2.08. The van der Waals surface area contributed by atoms with Crippen LogP contribution in [0.3, 0.4) is 0 Å². The van der Waals surface area contributed by atoms with E-state index in [1.54, 1.807) is 6.08 Å². The van der Waals surface area contributed by atoms with E-state index >= 15 is 0 Å². The summed E-state index contributed by atoms with van der Waals surface area (Å²) in [6.07, 6.45) is -0.762. The van der Waals surface area contributed by atoms with E-state index in [9.17, 15) is 18.0 Å². The lowest BCUT2D eigenvalue weighted by Crippen LogP contribution is -2.06. The van der Waals surface area contributed by atoms with Crippen LogP contribution in [0.5, 0.6) is 5.75 Å². The number of nitrogens with one attached hydrogen (secondary N) is 1. The Labute approximate surface area is 149 Å². The van der Waals surface area contributed by atoms with Gasteiger partial charge in [-0.2, -0.15) is 13.2 Å². The first-order valence-electron chi connectivity index (χ1n) is 8.36. The number of amides is 1. The van der Waals surface area contributed by atoms with E-state index in [0.29, 0.717) is 17.7 Å². The highest BCUT2D eigenvalue weighted by atomic mass is 19.4. The molecule has 0 fully saturated rings. The van der Waals surface area contributed by atoms with Crippen molar-refractivity contribution in [3.05, 3.63) is 59.2 Å². The second-order valence-electron chi connectivity index (χ2n) is 6.04. The molecule has 3 rings (SSSR count). The molecule has 0 saturated heterocycles. The van der Waals surface area contributed by atoms with Gasteiger partial charge in [0, 0.05) is 16.8 Å². The van der Waals surface area contributed by atoms with E-state index in [2.05, 4.69) is 12.2 Å². The maximum Gasteiger partial charge on any atom is 0.416 e. The van der Waals surface area contributed by atoms with Crippen LogP contribution in [-0.4, -0.2) is 12.5 Å². The van der Waals surface area contributed by atoms with Gasteiger partial charge in [-0.3, -0.25) is 4.79 Å². The van der Waals surface area contributed by atoms with Crippen LogP contribution in [0.4, 0.5) is 18.9 Å². The first-order chi connectivity index (χ1) is 12.4. The summed E-state index contributed by atoms with van der Waals surface area (Å²) in [6.45, 7) is 2.73. The quantitative estimate of drug-likeness (QED) is 0.574. The predicted octanol–water partition coefficient (Wildman–Crippen LogP) is 5.38. The Bertz CT molecular complexity index is 839. The standard InChI is InChI=1S/C20H18F3NO2/c1-2-3-10-26-15-7-4-13(5-8-15)11-17-16-9-6-14(20(21,22)23)12-18(16)24-19(17)25/h4-9,11-12H,2-3,10H2,1H3,(H,24,25)/b17-11+. The fourth-order valence-corrected chi connectivity index (χ4v) is 2.68. The molecule has 2 aromatic carbocycles. The van der Waals surface area contributed by atoms with Crippen molar-refractivity contribution in [3.8, 4) is 5.75 Å². The molecule has 136 valence electrons. The average Bonchev–Trinajstić information content (AvgIpc) is 2.91. The van der Waals surface area contributed by atoms with Gasteiger partial charge >= 0.3 is 6.18 Å². The van der Waals surface area contributed by atoms with Gasteiger partial charge in [0.15, 0.2) is 0 Å². The summed E-state index contributed by atoms with van der Waals surface area (Å²) in [6, 6.07) is 10.5. The lowest BCUT2D eigenvalue weighted by molar-refractivity contribution is -0.137. The zero-order valence-corrected chi connectivity index (χ0v) is 14.2. The third-order valence-electron chi connectivity index (χ3n) is 4.09. The molecule has 6 heteroatoms. The number of alkyl halides is 3. The van der Waals surface area contributed by atoms with E-state index in [4.69, 9.17) is 4.74 Å². The predicted molar refractivity (Wildman–Crippen MR) is 94.8 cm³/mol. The zero-order valence-electron chi connectivity index (χ0n) is 14.2. The van der Waals surface area contributed by atoms with E-state index < -0.39 is 17.6 Å². The highest BCUT2D eigenvalue weighted by Gasteiger charge is 2.33. The molecule has 1 amide bonds. The van der Waals surface area contributed by atoms with Crippen molar-refractivity contribution in [2.24, 2.45) is 0 Å². The molecule has 1 heterocycles. The van der Waals surface area contributed by atoms with Gasteiger partial charge in [-0.25, -0.2) is 0 Å². The van der Waals surface area contributed by atoms with E-state index in [1.807, 2.05) is 24.3 Å². The molecular formula is C20H18F3NO2. The summed E-state index contributed by atoms with van der Waals surface area (Å²) in [7, 11) is 0. The van der Waals surface area contributed by atoms with Gasteiger partial charge in [-0.05, 0) is 42.3 Å². The molecule has 0 aromatic heterocycles. The Hall–Kier alpha value is -2.76. The normalized spacial score (nSPS) is 15.1. The molecule has 1 aliphatic rings. The van der Waals surface area contributed by atoms with Crippen molar-refractivity contribution in [2.75, 3.05) is 11.9 Å². The van der Waals surface area contributed by atoms with Gasteiger partial charge in [0.2, 0.25) is 0 Å². The summed E-state index contributed by atoms with van der Waals surface area (Å²) >= 11 is 0. The van der Waals surface area contributed by atoms with Crippen molar-refractivity contribution < 1.29 is 22.7 Å². The van der Waals surface area contributed by atoms with Crippen LogP contribution in [0.15, 0.2) is 42.5 Å². The fourth-order valence-electron chi connectivity index (χ4n) is 2.68. The molecule has 0 aliphatic carbocycles. The van der Waals surface area contributed by atoms with Gasteiger partial charge in [0.1, 0.15) is 5.75 Å². The molecule has 0 saturated carbocycles. The number of anilines is 1. The molecule has 26 heavy (non-hydrogen) atoms. The average molecular weight is 361 g/mol. The second kappa shape index (κ2) is 7.23. The van der Waals surface area contributed by atoms with Gasteiger partial charge in [-0.15, -0.1) is 0 Å². The fraction of sp³-hybridized carbons (Fsp3) is 0.250. The number of hydrogen-bond acceptors (Lipinski definition) is 2. The van der Waals surface area contributed by atoms with Crippen LogP contribution in [0, 0.1) is 0 Å². The molecule has 0 bridgehead atoms. The number of fused-ring (bicyclic) bond motifs is 1. The maximum absolute atomic E-state index is 12.8. The van der Waals surface area contributed by atoms with Crippen LogP contribution in [0.2, 0.25) is 0 Å². The first-order valence-corrected chi connectivity index (χ1v) is 8.36. The Morgan fingerprint density at radius 3 is 2.50 bits per heavy atom. The topological polar surface area (TPSA) is 38.3 Å². The monoisotopic (exact) mass is 361 g/mol. The van der Waals surface area contributed by atoms with Crippen molar-refractivity contribution in [3.63, 3.8) is 0 Å². The van der Waals surface area contributed by atoms with Crippen molar-refractivity contribution in [1.82, 2.24) is 0 Å². The third-order valence-corrected chi connectivity index (χ3v) is 4.09. The molecule has 0 unspecified atom stereocenters. The van der Waals surface area contributed by atoms with Crippen LogP contribution in [0.1, 0.15) is 36.5 Å². The van der Waals surface area contributed by atoms with Gasteiger partial charge in [0.25, 0.3) is 5.91 Å². The van der Waals surface area contributed by atoms with Crippen LogP contribution < -0.4 is 10.1 Å². The molecule has 1 N–H and O–H groups in total. The molecule has 3 nitrogen and oxygen atoms in total. The Morgan fingerprint density at radius 1 is 1.12 bits per heavy atom. The summed E-state index contributed by atoms with van der Waals surface area (Å²) in [5.74, 6) is 0.328. The third kappa shape index (κ3) is 3.90. The summed E-state index contributed by atoms with van der Waals surface area (Å²) in [5, 5.41) is 2.49. The highest BCUT2D eigenvalue weighted by Crippen LogP contribution is 2.38. The van der Waals surface area contributed by atoms with Gasteiger partial charge in [0.05, 0.1) is 12.2 Å². The zero-order chi connectivity index (χ0) is 18.7. The molecule has 0 radical (unpaired) electrons. The van der Waals surface area contributed by atoms with E-state index in [1.165, 1.54) is 6.07 Å². The van der Waals surface area contributed by atoms with Crippen molar-refractivity contribution in [1.29, 1.82) is 0 Å². The van der Waals surface area contributed by atoms with Crippen LogP contribution in [-0.2, 0) is 11.0 Å². The van der Waals surface area contributed by atoms with Crippen LogP contribution >= 0.6 is 0 Å². The summed E-state index contributed by atoms with van der Waals surface area (Å²) < 4.78 is 44.0. The highest BCUT2D eigenvalue weighted by molar-refractivity contribution is 6.34. The van der Waals surface area contributed by atoms with Crippen molar-refractivity contribution >= 4 is 23.2 Å². The number of hydrogen-bond donors (Lipinski definition) is 1. The Morgan fingerprint density at radius 2 is 1.85 bits per heavy atom. The number of halogens is 3. The maximum atomic E-state index is 12.8. The number of rotatable bonds is 5.